The minimum absolute atomic E-state index is 0.0362. The third-order valence-corrected chi connectivity index (χ3v) is 8.50. The normalized spacial score (nSPS) is 14.0. The number of fused-ring (bicyclic) bond motifs is 3. The number of hydrogen-bond acceptors (Lipinski definition) is 8. The van der Waals surface area contributed by atoms with Gasteiger partial charge in [0.25, 0.3) is 0 Å². The topological polar surface area (TPSA) is 146 Å². The highest BCUT2D eigenvalue weighted by molar-refractivity contribution is 5.91. The SMILES string of the molecule is Cc1ccc(C2(c3ccc(C)c(OCC(C)OC(=O)C=CC(=O)O)c3)c3ccccc3-c3ccccc32)cc1OCC(C)OC(=O)C=CC(=O)O. The van der Waals surface area contributed by atoms with E-state index >= 15 is 0 Å². The van der Waals surface area contributed by atoms with Gasteiger partial charge in [-0.2, -0.15) is 0 Å². The molecule has 5 rings (SSSR count). The van der Waals surface area contributed by atoms with Gasteiger partial charge < -0.3 is 29.2 Å². The van der Waals surface area contributed by atoms with Crippen LogP contribution in [-0.2, 0) is 34.1 Å². The minimum Gasteiger partial charge on any atom is -0.489 e. The van der Waals surface area contributed by atoms with Gasteiger partial charge in [0.2, 0.25) is 0 Å². The van der Waals surface area contributed by atoms with Crippen molar-refractivity contribution in [2.24, 2.45) is 0 Å². The average Bonchev–Trinajstić information content (AvgIpc) is 3.40. The lowest BCUT2D eigenvalue weighted by Gasteiger charge is -2.34. The molecule has 4 aromatic carbocycles. The van der Waals surface area contributed by atoms with Gasteiger partial charge in [-0.25, -0.2) is 19.2 Å². The van der Waals surface area contributed by atoms with E-state index in [1.165, 1.54) is 0 Å². The van der Waals surface area contributed by atoms with E-state index in [1.807, 2.05) is 62.4 Å². The van der Waals surface area contributed by atoms with Crippen molar-refractivity contribution in [1.29, 1.82) is 0 Å². The molecule has 2 atom stereocenters. The first-order valence-electron chi connectivity index (χ1n) is 16.3. The Kier molecular flexibility index (Phi) is 11.0. The molecule has 0 aliphatic heterocycles. The zero-order valence-electron chi connectivity index (χ0n) is 28.6. The van der Waals surface area contributed by atoms with Crippen molar-refractivity contribution in [1.82, 2.24) is 0 Å². The van der Waals surface area contributed by atoms with Crippen LogP contribution in [0.4, 0.5) is 0 Å². The first kappa shape index (κ1) is 36.1. The number of rotatable bonds is 14. The average molecular weight is 691 g/mol. The van der Waals surface area contributed by atoms with Crippen molar-refractivity contribution in [3.8, 4) is 22.6 Å². The van der Waals surface area contributed by atoms with E-state index in [2.05, 4.69) is 36.4 Å². The number of hydrogen-bond donors (Lipinski definition) is 2. The molecule has 1 aliphatic carbocycles. The van der Waals surface area contributed by atoms with E-state index in [9.17, 15) is 19.2 Å². The maximum Gasteiger partial charge on any atom is 0.331 e. The summed E-state index contributed by atoms with van der Waals surface area (Å²) in [7, 11) is 0. The lowest BCUT2D eigenvalue weighted by Crippen LogP contribution is -2.29. The summed E-state index contributed by atoms with van der Waals surface area (Å²) in [4.78, 5) is 45.6. The van der Waals surface area contributed by atoms with E-state index < -0.39 is 41.5 Å². The molecule has 0 amide bonds. The Hall–Kier alpha value is -6.16. The summed E-state index contributed by atoms with van der Waals surface area (Å²) in [5, 5.41) is 17.6. The van der Waals surface area contributed by atoms with Gasteiger partial charge in [-0.05, 0) is 84.3 Å². The molecule has 4 aromatic rings. The molecule has 262 valence electrons. The van der Waals surface area contributed by atoms with Crippen LogP contribution < -0.4 is 9.47 Å². The second kappa shape index (κ2) is 15.6. The highest BCUT2D eigenvalue weighted by atomic mass is 16.6. The van der Waals surface area contributed by atoms with Crippen LogP contribution in [0.15, 0.2) is 109 Å². The molecule has 1 aliphatic rings. The first-order valence-corrected chi connectivity index (χ1v) is 16.3. The number of carbonyl (C=O) groups excluding carboxylic acids is 2. The van der Waals surface area contributed by atoms with Crippen LogP contribution >= 0.6 is 0 Å². The van der Waals surface area contributed by atoms with Gasteiger partial charge in [-0.3, -0.25) is 0 Å². The third-order valence-electron chi connectivity index (χ3n) is 8.50. The lowest BCUT2D eigenvalue weighted by atomic mass is 9.67. The minimum atomic E-state index is -1.25. The molecule has 10 heteroatoms. The quantitative estimate of drug-likeness (QED) is 0.0969. The van der Waals surface area contributed by atoms with Crippen molar-refractivity contribution >= 4 is 23.9 Å². The molecule has 0 heterocycles. The van der Waals surface area contributed by atoms with Crippen molar-refractivity contribution in [2.45, 2.75) is 45.3 Å². The molecule has 0 spiro atoms. The monoisotopic (exact) mass is 690 g/mol. The Morgan fingerprint density at radius 1 is 0.608 bits per heavy atom. The van der Waals surface area contributed by atoms with Crippen molar-refractivity contribution in [3.63, 3.8) is 0 Å². The van der Waals surface area contributed by atoms with Crippen LogP contribution in [0.25, 0.3) is 11.1 Å². The van der Waals surface area contributed by atoms with Crippen LogP contribution in [0.1, 0.15) is 47.2 Å². The van der Waals surface area contributed by atoms with Crippen LogP contribution in [0, 0.1) is 13.8 Å². The summed E-state index contributed by atoms with van der Waals surface area (Å²) in [5.74, 6) is -2.87. The van der Waals surface area contributed by atoms with Crippen molar-refractivity contribution < 1.29 is 48.3 Å². The molecule has 2 unspecified atom stereocenters. The van der Waals surface area contributed by atoms with E-state index in [1.54, 1.807) is 13.8 Å². The molecule has 0 bridgehead atoms. The largest absolute Gasteiger partial charge is 0.489 e. The number of aryl methyl sites for hydroxylation is 2. The summed E-state index contributed by atoms with van der Waals surface area (Å²) < 4.78 is 23.1. The van der Waals surface area contributed by atoms with Crippen LogP contribution in [0.5, 0.6) is 11.5 Å². The van der Waals surface area contributed by atoms with Gasteiger partial charge in [0.05, 0.1) is 5.41 Å². The molecule has 0 radical (unpaired) electrons. The fourth-order valence-electron chi connectivity index (χ4n) is 6.24. The van der Waals surface area contributed by atoms with E-state index in [4.69, 9.17) is 29.2 Å². The number of carboxylic acids is 2. The summed E-state index contributed by atoms with van der Waals surface area (Å²) in [6, 6.07) is 28.6. The molecule has 10 nitrogen and oxygen atoms in total. The van der Waals surface area contributed by atoms with Crippen LogP contribution in [-0.4, -0.2) is 59.5 Å². The Balaban J connectivity index is 1.53. The van der Waals surface area contributed by atoms with Gasteiger partial charge in [0, 0.05) is 24.3 Å². The van der Waals surface area contributed by atoms with E-state index in [0.29, 0.717) is 11.5 Å². The summed E-state index contributed by atoms with van der Waals surface area (Å²) >= 11 is 0. The maximum absolute atomic E-state index is 12.0. The number of carboxylic acid groups (broad SMARTS) is 2. The molecule has 0 aromatic heterocycles. The highest BCUT2D eigenvalue weighted by Crippen LogP contribution is 2.56. The molecule has 0 saturated heterocycles. The molecule has 0 saturated carbocycles. The first-order chi connectivity index (χ1) is 24.4. The molecule has 51 heavy (non-hydrogen) atoms. The maximum atomic E-state index is 12.0. The zero-order valence-corrected chi connectivity index (χ0v) is 28.6. The smallest absolute Gasteiger partial charge is 0.331 e. The zero-order chi connectivity index (χ0) is 36.7. The van der Waals surface area contributed by atoms with Gasteiger partial charge in [0.15, 0.2) is 0 Å². The third kappa shape index (κ3) is 8.02. The van der Waals surface area contributed by atoms with Crippen LogP contribution in [0.3, 0.4) is 0 Å². The second-order valence-corrected chi connectivity index (χ2v) is 12.3. The Labute approximate surface area is 295 Å². The number of ether oxygens (including phenoxy) is 4. The van der Waals surface area contributed by atoms with Crippen molar-refractivity contribution in [3.05, 3.63) is 143 Å². The van der Waals surface area contributed by atoms with Crippen molar-refractivity contribution in [2.75, 3.05) is 13.2 Å². The molecular weight excluding hydrogens is 652 g/mol. The van der Waals surface area contributed by atoms with E-state index in [-0.39, 0.29) is 13.2 Å². The second-order valence-electron chi connectivity index (χ2n) is 12.3. The fraction of sp³-hybridized carbons (Fsp3) is 0.220. The summed E-state index contributed by atoms with van der Waals surface area (Å²) in [6.45, 7) is 7.26. The van der Waals surface area contributed by atoms with E-state index in [0.717, 1.165) is 68.8 Å². The number of carbonyl (C=O) groups is 4. The lowest BCUT2D eigenvalue weighted by molar-refractivity contribution is -0.144. The van der Waals surface area contributed by atoms with Gasteiger partial charge in [0.1, 0.15) is 36.9 Å². The standard InChI is InChI=1S/C41H38O10/c1-25-13-15-29(21-35(25)48-23-27(3)50-39(46)19-17-37(42)43)41(33-11-7-5-9-31(33)32-10-6-8-12-34(32)41)30-16-14-26(2)36(22-30)49-24-28(4)51-40(47)20-18-38(44)45/h5-22,27-28H,23-24H2,1-4H3,(H,42,43)(H,44,45). The Morgan fingerprint density at radius 2 is 1.00 bits per heavy atom. The number of benzene rings is 4. The van der Waals surface area contributed by atoms with Gasteiger partial charge in [-0.1, -0.05) is 72.8 Å². The predicted octanol–water partition coefficient (Wildman–Crippen LogP) is 6.57. The van der Waals surface area contributed by atoms with Crippen LogP contribution in [0.2, 0.25) is 0 Å². The predicted molar refractivity (Wildman–Crippen MR) is 189 cm³/mol. The summed E-state index contributed by atoms with van der Waals surface area (Å²) in [6.07, 6.45) is 1.84. The van der Waals surface area contributed by atoms with Gasteiger partial charge in [-0.15, -0.1) is 0 Å². The Bertz CT molecular complexity index is 1880. The molecular formula is C41H38O10. The fourth-order valence-corrected chi connectivity index (χ4v) is 6.24. The number of aliphatic carboxylic acids is 2. The highest BCUT2D eigenvalue weighted by Gasteiger charge is 2.46. The molecule has 0 fully saturated rings. The van der Waals surface area contributed by atoms with Gasteiger partial charge >= 0.3 is 23.9 Å². The summed E-state index contributed by atoms with van der Waals surface area (Å²) in [5.41, 5.74) is 7.10. The number of esters is 2. The Morgan fingerprint density at radius 3 is 1.39 bits per heavy atom. The molecule has 2 N–H and O–H groups in total.